The molecule has 1 aromatic rings. The Morgan fingerprint density at radius 2 is 2.05 bits per heavy atom. The number of halogens is 2. The number of benzene rings is 1. The van der Waals surface area contributed by atoms with Crippen LogP contribution in [-0.2, 0) is 10.0 Å². The fourth-order valence-electron chi connectivity index (χ4n) is 1.52. The fourth-order valence-corrected chi connectivity index (χ4v) is 2.93. The number of sulfonamides is 1. The zero-order valence-corrected chi connectivity index (χ0v) is 13.2. The first-order valence-corrected chi connectivity index (χ1v) is 8.28. The van der Waals surface area contributed by atoms with Crippen molar-refractivity contribution < 1.29 is 17.5 Å². The average molecular weight is 354 g/mol. The predicted octanol–water partition coefficient (Wildman–Crippen LogP) is 2.53. The summed E-state index contributed by atoms with van der Waals surface area (Å²) in [5, 5.41) is 5.03. The van der Waals surface area contributed by atoms with E-state index < -0.39 is 15.8 Å². The summed E-state index contributed by atoms with van der Waals surface area (Å²) < 4.78 is 41.8. The summed E-state index contributed by atoms with van der Waals surface area (Å²) in [5.74, 6) is -0.794. The smallest absolute Gasteiger partial charge is 0.209 e. The van der Waals surface area contributed by atoms with Gasteiger partial charge in [-0.05, 0) is 24.1 Å². The number of rotatable bonds is 6. The Balaban J connectivity index is 2.74. The summed E-state index contributed by atoms with van der Waals surface area (Å²) in [6, 6.07) is 4.35. The summed E-state index contributed by atoms with van der Waals surface area (Å²) in [6.07, 6.45) is 0. The lowest BCUT2D eigenvalue weighted by molar-refractivity contribution is 0.217. The maximum absolute atomic E-state index is 13.5. The van der Waals surface area contributed by atoms with E-state index in [0.29, 0.717) is 4.47 Å². The lowest BCUT2D eigenvalue weighted by atomic mass is 9.99. The van der Waals surface area contributed by atoms with Gasteiger partial charge in [-0.1, -0.05) is 29.8 Å². The lowest BCUT2D eigenvalue weighted by Gasteiger charge is -2.20. The molecule has 0 aliphatic rings. The Kier molecular flexibility index (Phi) is 5.76. The van der Waals surface area contributed by atoms with Gasteiger partial charge in [0.05, 0.1) is 12.4 Å². The van der Waals surface area contributed by atoms with Gasteiger partial charge in [0.2, 0.25) is 10.0 Å². The van der Waals surface area contributed by atoms with E-state index in [2.05, 4.69) is 15.9 Å². The third-order valence-corrected chi connectivity index (χ3v) is 4.12. The minimum absolute atomic E-state index is 0.0635. The molecule has 0 spiro atoms. The van der Waals surface area contributed by atoms with Gasteiger partial charge in [0, 0.05) is 10.4 Å². The van der Waals surface area contributed by atoms with Gasteiger partial charge in [-0.2, -0.15) is 0 Å². The highest BCUT2D eigenvalue weighted by molar-refractivity contribution is 9.10. The predicted molar refractivity (Wildman–Crippen MR) is 75.9 cm³/mol. The number of ether oxygens (including phenoxy) is 1. The second-order valence-corrected chi connectivity index (χ2v) is 7.29. The van der Waals surface area contributed by atoms with Crippen molar-refractivity contribution in [3.63, 3.8) is 0 Å². The van der Waals surface area contributed by atoms with Crippen molar-refractivity contribution in [3.05, 3.63) is 28.5 Å². The molecule has 0 aromatic heterocycles. The first kappa shape index (κ1) is 16.4. The zero-order valence-electron chi connectivity index (χ0n) is 10.8. The van der Waals surface area contributed by atoms with Crippen LogP contribution in [0, 0.1) is 17.7 Å². The third-order valence-electron chi connectivity index (χ3n) is 2.74. The van der Waals surface area contributed by atoms with Crippen molar-refractivity contribution in [3.8, 4) is 5.75 Å². The fraction of sp³-hybridized carbons (Fsp3) is 0.500. The van der Waals surface area contributed by atoms with E-state index in [4.69, 9.17) is 9.88 Å². The van der Waals surface area contributed by atoms with Crippen LogP contribution in [-0.4, -0.2) is 20.8 Å². The van der Waals surface area contributed by atoms with E-state index in [1.54, 1.807) is 6.07 Å². The van der Waals surface area contributed by atoms with Crippen LogP contribution >= 0.6 is 15.9 Å². The van der Waals surface area contributed by atoms with Crippen LogP contribution in [0.4, 0.5) is 4.39 Å². The van der Waals surface area contributed by atoms with E-state index >= 15 is 0 Å². The number of primary sulfonamides is 1. The molecule has 0 radical (unpaired) electrons. The molecule has 0 heterocycles. The maximum atomic E-state index is 13.5. The van der Waals surface area contributed by atoms with Crippen LogP contribution in [0.2, 0.25) is 0 Å². The summed E-state index contributed by atoms with van der Waals surface area (Å²) in [4.78, 5) is 0. The van der Waals surface area contributed by atoms with E-state index in [0.717, 1.165) is 0 Å². The molecule has 4 nitrogen and oxygen atoms in total. The van der Waals surface area contributed by atoms with Crippen molar-refractivity contribution in [1.29, 1.82) is 0 Å². The highest BCUT2D eigenvalue weighted by atomic mass is 79.9. The summed E-state index contributed by atoms with van der Waals surface area (Å²) in [6.45, 7) is 3.84. The van der Waals surface area contributed by atoms with Crippen LogP contribution < -0.4 is 9.88 Å². The van der Waals surface area contributed by atoms with Crippen LogP contribution in [0.3, 0.4) is 0 Å². The standard InChI is InChI=1S/C12H17BrFNO3S/c1-8(2)9(7-19(15,16)17)6-18-12-5-10(13)3-4-11(12)14/h3-5,8-9H,6-7H2,1-2H3,(H2,15,16,17). The van der Waals surface area contributed by atoms with E-state index in [-0.39, 0.29) is 29.9 Å². The van der Waals surface area contributed by atoms with Gasteiger partial charge < -0.3 is 4.74 Å². The van der Waals surface area contributed by atoms with Gasteiger partial charge in [-0.3, -0.25) is 0 Å². The molecular formula is C12H17BrFNO3S. The molecule has 0 bridgehead atoms. The van der Waals surface area contributed by atoms with Crippen LogP contribution in [0.25, 0.3) is 0 Å². The molecule has 0 fully saturated rings. The number of nitrogens with two attached hydrogens (primary N) is 1. The molecule has 19 heavy (non-hydrogen) atoms. The Morgan fingerprint density at radius 3 is 2.58 bits per heavy atom. The summed E-state index contributed by atoms with van der Waals surface area (Å²) in [5.41, 5.74) is 0. The first-order chi connectivity index (χ1) is 8.69. The van der Waals surface area contributed by atoms with Gasteiger partial charge in [0.1, 0.15) is 0 Å². The quantitative estimate of drug-likeness (QED) is 0.854. The van der Waals surface area contributed by atoms with Gasteiger partial charge in [-0.25, -0.2) is 17.9 Å². The molecule has 7 heteroatoms. The van der Waals surface area contributed by atoms with Crippen LogP contribution in [0.1, 0.15) is 13.8 Å². The SMILES string of the molecule is CC(C)C(COc1cc(Br)ccc1F)CS(N)(=O)=O. The number of hydrogen-bond acceptors (Lipinski definition) is 3. The molecule has 0 aliphatic carbocycles. The van der Waals surface area contributed by atoms with Crippen molar-refractivity contribution in [2.75, 3.05) is 12.4 Å². The van der Waals surface area contributed by atoms with E-state index in [9.17, 15) is 12.8 Å². The van der Waals surface area contributed by atoms with E-state index in [1.165, 1.54) is 12.1 Å². The second-order valence-electron chi connectivity index (χ2n) is 4.72. The van der Waals surface area contributed by atoms with Gasteiger partial charge in [0.15, 0.2) is 11.6 Å². The minimum Gasteiger partial charge on any atom is -0.490 e. The molecular weight excluding hydrogens is 337 g/mol. The molecule has 0 saturated carbocycles. The molecule has 2 N–H and O–H groups in total. The first-order valence-electron chi connectivity index (χ1n) is 5.77. The topological polar surface area (TPSA) is 69.4 Å². The van der Waals surface area contributed by atoms with Crippen molar-refractivity contribution in [1.82, 2.24) is 0 Å². The van der Waals surface area contributed by atoms with Crippen molar-refractivity contribution in [2.45, 2.75) is 13.8 Å². The Bertz CT molecular complexity index is 534. The Morgan fingerprint density at radius 1 is 1.42 bits per heavy atom. The molecule has 0 aliphatic heterocycles. The zero-order chi connectivity index (χ0) is 14.6. The highest BCUT2D eigenvalue weighted by Gasteiger charge is 2.20. The molecule has 0 saturated heterocycles. The Hall–Kier alpha value is -0.660. The molecule has 1 aromatic carbocycles. The molecule has 1 atom stereocenters. The average Bonchev–Trinajstić information content (AvgIpc) is 2.26. The van der Waals surface area contributed by atoms with Crippen molar-refractivity contribution >= 4 is 26.0 Å². The molecule has 0 amide bonds. The van der Waals surface area contributed by atoms with Crippen LogP contribution in [0.15, 0.2) is 22.7 Å². The van der Waals surface area contributed by atoms with Gasteiger partial charge in [-0.15, -0.1) is 0 Å². The van der Waals surface area contributed by atoms with Gasteiger partial charge >= 0.3 is 0 Å². The second kappa shape index (κ2) is 6.67. The molecule has 1 unspecified atom stereocenters. The van der Waals surface area contributed by atoms with Crippen LogP contribution in [0.5, 0.6) is 5.75 Å². The largest absolute Gasteiger partial charge is 0.490 e. The highest BCUT2D eigenvalue weighted by Crippen LogP contribution is 2.24. The third kappa shape index (κ3) is 5.88. The maximum Gasteiger partial charge on any atom is 0.209 e. The minimum atomic E-state index is -3.57. The normalized spacial score (nSPS) is 13.6. The Labute approximate surface area is 121 Å². The van der Waals surface area contributed by atoms with E-state index in [1.807, 2.05) is 13.8 Å². The summed E-state index contributed by atoms with van der Waals surface area (Å²) >= 11 is 3.22. The lowest BCUT2D eigenvalue weighted by Crippen LogP contribution is -2.30. The summed E-state index contributed by atoms with van der Waals surface area (Å²) in [7, 11) is -3.57. The van der Waals surface area contributed by atoms with Gasteiger partial charge in [0.25, 0.3) is 0 Å². The van der Waals surface area contributed by atoms with Crippen molar-refractivity contribution in [2.24, 2.45) is 17.0 Å². The monoisotopic (exact) mass is 353 g/mol. The molecule has 108 valence electrons. The molecule has 1 rings (SSSR count). The number of hydrogen-bond donors (Lipinski definition) is 1.